The van der Waals surface area contributed by atoms with Crippen LogP contribution in [-0.2, 0) is 4.79 Å². The number of rotatable bonds is 3. The average molecular weight is 352 g/mol. The molecule has 2 aliphatic heterocycles. The second kappa shape index (κ2) is 6.30. The number of hydrogen-bond acceptors (Lipinski definition) is 3. The highest BCUT2D eigenvalue weighted by Gasteiger charge is 2.51. The highest BCUT2D eigenvalue weighted by Crippen LogP contribution is 2.56. The minimum atomic E-state index is -0.456. The van der Waals surface area contributed by atoms with Gasteiger partial charge in [-0.3, -0.25) is 4.79 Å². The molecule has 130 valence electrons. The van der Waals surface area contributed by atoms with E-state index in [4.69, 9.17) is 5.73 Å². The minimum Gasteiger partial charge on any atom is -0.341 e. The Morgan fingerprint density at radius 3 is 2.62 bits per heavy atom. The molecular weight excluding hydrogens is 330 g/mol. The van der Waals surface area contributed by atoms with Crippen molar-refractivity contribution in [3.63, 3.8) is 0 Å². The third kappa shape index (κ3) is 2.94. The summed E-state index contributed by atoms with van der Waals surface area (Å²) in [6.45, 7) is 1.44. The molecule has 3 fully saturated rings. The first-order chi connectivity index (χ1) is 11.5. The largest absolute Gasteiger partial charge is 0.341 e. The van der Waals surface area contributed by atoms with E-state index >= 15 is 0 Å². The number of benzene rings is 1. The van der Waals surface area contributed by atoms with Gasteiger partial charge in [-0.05, 0) is 43.7 Å². The molecule has 0 spiro atoms. The number of thioether (sulfide) groups is 1. The molecule has 5 unspecified atom stereocenters. The van der Waals surface area contributed by atoms with Gasteiger partial charge in [0.2, 0.25) is 5.91 Å². The Kier molecular flexibility index (Phi) is 4.29. The normalized spacial score (nSPS) is 35.5. The summed E-state index contributed by atoms with van der Waals surface area (Å²) in [6.07, 6.45) is 3.50. The number of halogens is 2. The van der Waals surface area contributed by atoms with E-state index in [1.165, 1.54) is 18.2 Å². The van der Waals surface area contributed by atoms with Gasteiger partial charge in [0.25, 0.3) is 0 Å². The van der Waals surface area contributed by atoms with E-state index in [1.807, 2.05) is 4.90 Å². The van der Waals surface area contributed by atoms with Crippen LogP contribution >= 0.6 is 11.8 Å². The first-order valence-corrected chi connectivity index (χ1v) is 9.62. The van der Waals surface area contributed by atoms with Crippen molar-refractivity contribution in [2.45, 2.75) is 42.2 Å². The average Bonchev–Trinajstić information content (AvgIpc) is 2.98. The Hall–Kier alpha value is -1.14. The molecule has 2 saturated heterocycles. The summed E-state index contributed by atoms with van der Waals surface area (Å²) in [5.41, 5.74) is 6.09. The monoisotopic (exact) mass is 352 g/mol. The summed E-state index contributed by atoms with van der Waals surface area (Å²) in [7, 11) is 0. The molecule has 1 saturated carbocycles. The molecule has 1 aromatic carbocycles. The summed E-state index contributed by atoms with van der Waals surface area (Å²) >= 11 is 1.65. The highest BCUT2D eigenvalue weighted by atomic mass is 32.2. The lowest BCUT2D eigenvalue weighted by molar-refractivity contribution is -0.131. The quantitative estimate of drug-likeness (QED) is 0.909. The van der Waals surface area contributed by atoms with Crippen molar-refractivity contribution in [2.24, 2.45) is 17.6 Å². The summed E-state index contributed by atoms with van der Waals surface area (Å²) in [4.78, 5) is 14.4. The van der Waals surface area contributed by atoms with E-state index in [-0.39, 0.29) is 28.7 Å². The second-order valence-corrected chi connectivity index (χ2v) is 8.66. The van der Waals surface area contributed by atoms with Crippen molar-refractivity contribution in [3.8, 4) is 0 Å². The van der Waals surface area contributed by atoms with E-state index in [1.54, 1.807) is 11.8 Å². The molecule has 3 nitrogen and oxygen atoms in total. The maximum atomic E-state index is 14.0. The summed E-state index contributed by atoms with van der Waals surface area (Å²) in [5.74, 6) is -0.226. The maximum Gasteiger partial charge on any atom is 0.226 e. The minimum absolute atomic E-state index is 0.0945. The van der Waals surface area contributed by atoms with E-state index < -0.39 is 11.6 Å². The van der Waals surface area contributed by atoms with Gasteiger partial charge in [0.15, 0.2) is 0 Å². The van der Waals surface area contributed by atoms with Crippen LogP contribution in [-0.4, -0.2) is 35.2 Å². The first-order valence-electron chi connectivity index (χ1n) is 8.68. The van der Waals surface area contributed by atoms with Crippen molar-refractivity contribution < 1.29 is 13.6 Å². The Labute approximate surface area is 145 Å². The molecular formula is C18H22F2N2OS. The molecule has 2 N–H and O–H groups in total. The standard InChI is InChI=1S/C18H22F2N2OS/c19-13-2-1-3-14(20)17(13)16-5-4-15(24-16)11-8-12(11)18(23)22-7-6-10(21)9-22/h1-3,10-12,15-16H,4-9,21H2. The number of carbonyl (C=O) groups is 1. The number of nitrogens with two attached hydrogens (primary N) is 1. The first kappa shape index (κ1) is 16.3. The zero-order chi connectivity index (χ0) is 16.8. The zero-order valence-electron chi connectivity index (χ0n) is 13.5. The van der Waals surface area contributed by atoms with E-state index in [0.717, 1.165) is 32.2 Å². The van der Waals surface area contributed by atoms with Gasteiger partial charge in [-0.1, -0.05) is 6.07 Å². The smallest absolute Gasteiger partial charge is 0.226 e. The van der Waals surface area contributed by atoms with Crippen LogP contribution in [0.3, 0.4) is 0 Å². The number of likely N-dealkylation sites (tertiary alicyclic amines) is 1. The fraction of sp³-hybridized carbons (Fsp3) is 0.611. The highest BCUT2D eigenvalue weighted by molar-refractivity contribution is 8.00. The Bertz CT molecular complexity index is 636. The van der Waals surface area contributed by atoms with Gasteiger partial charge >= 0.3 is 0 Å². The van der Waals surface area contributed by atoms with Gasteiger partial charge in [0.05, 0.1) is 0 Å². The van der Waals surface area contributed by atoms with Crippen LogP contribution in [0.5, 0.6) is 0 Å². The van der Waals surface area contributed by atoms with Crippen LogP contribution in [0.1, 0.15) is 36.5 Å². The molecule has 2 heterocycles. The van der Waals surface area contributed by atoms with Gasteiger partial charge in [-0.15, -0.1) is 11.8 Å². The molecule has 0 radical (unpaired) electrons. The predicted octanol–water partition coefficient (Wildman–Crippen LogP) is 3.10. The lowest BCUT2D eigenvalue weighted by atomic mass is 10.0. The van der Waals surface area contributed by atoms with Gasteiger partial charge in [-0.2, -0.15) is 0 Å². The van der Waals surface area contributed by atoms with Gasteiger partial charge < -0.3 is 10.6 Å². The lowest BCUT2D eigenvalue weighted by Gasteiger charge is -2.17. The molecule has 5 atom stereocenters. The van der Waals surface area contributed by atoms with E-state index in [0.29, 0.717) is 17.7 Å². The Balaban J connectivity index is 1.37. The van der Waals surface area contributed by atoms with Crippen molar-refractivity contribution in [3.05, 3.63) is 35.4 Å². The van der Waals surface area contributed by atoms with Crippen molar-refractivity contribution in [1.29, 1.82) is 0 Å². The molecule has 0 aromatic heterocycles. The van der Waals surface area contributed by atoms with E-state index in [9.17, 15) is 13.6 Å². The maximum absolute atomic E-state index is 14.0. The summed E-state index contributed by atoms with van der Waals surface area (Å²) in [5, 5.41) is 0.201. The van der Waals surface area contributed by atoms with Crippen LogP contribution in [0.4, 0.5) is 8.78 Å². The lowest BCUT2D eigenvalue weighted by Crippen LogP contribution is -2.33. The summed E-state index contributed by atoms with van der Waals surface area (Å²) < 4.78 is 27.9. The molecule has 1 aliphatic carbocycles. The number of hydrogen-bond donors (Lipinski definition) is 1. The van der Waals surface area contributed by atoms with Gasteiger partial charge in [-0.25, -0.2) is 8.78 Å². The van der Waals surface area contributed by atoms with Gasteiger partial charge in [0.1, 0.15) is 11.6 Å². The zero-order valence-corrected chi connectivity index (χ0v) is 14.3. The molecule has 3 aliphatic rings. The van der Waals surface area contributed by atoms with Crippen LogP contribution < -0.4 is 5.73 Å². The van der Waals surface area contributed by atoms with Crippen LogP contribution in [0.2, 0.25) is 0 Å². The van der Waals surface area contributed by atoms with Gasteiger partial charge in [0, 0.05) is 41.1 Å². The van der Waals surface area contributed by atoms with Crippen molar-refractivity contribution >= 4 is 17.7 Å². The second-order valence-electron chi connectivity index (χ2n) is 7.21. The molecule has 0 bridgehead atoms. The van der Waals surface area contributed by atoms with Crippen molar-refractivity contribution in [1.82, 2.24) is 4.90 Å². The van der Waals surface area contributed by atoms with Crippen molar-refractivity contribution in [2.75, 3.05) is 13.1 Å². The Morgan fingerprint density at radius 2 is 1.96 bits per heavy atom. The fourth-order valence-corrected chi connectivity index (χ4v) is 5.97. The number of nitrogens with zero attached hydrogens (tertiary/aromatic N) is 1. The third-order valence-corrected chi connectivity index (χ3v) is 7.28. The van der Waals surface area contributed by atoms with E-state index in [2.05, 4.69) is 0 Å². The molecule has 1 aromatic rings. The molecule has 6 heteroatoms. The van der Waals surface area contributed by atoms with Crippen LogP contribution in [0, 0.1) is 23.5 Å². The fourth-order valence-electron chi connectivity index (χ4n) is 4.14. The predicted molar refractivity (Wildman–Crippen MR) is 90.5 cm³/mol. The SMILES string of the molecule is NC1CCN(C(=O)C2CC2C2CCC(c3c(F)cccc3F)S2)C1. The number of amides is 1. The topological polar surface area (TPSA) is 46.3 Å². The number of carbonyl (C=O) groups excluding carboxylic acids is 1. The molecule has 4 rings (SSSR count). The summed E-state index contributed by atoms with van der Waals surface area (Å²) in [6, 6.07) is 4.17. The third-order valence-electron chi connectivity index (χ3n) is 5.55. The molecule has 1 amide bonds. The van der Waals surface area contributed by atoms with Crippen LogP contribution in [0.25, 0.3) is 0 Å². The van der Waals surface area contributed by atoms with Crippen LogP contribution in [0.15, 0.2) is 18.2 Å². The molecule has 24 heavy (non-hydrogen) atoms. The Morgan fingerprint density at radius 1 is 1.21 bits per heavy atom.